The molecule has 7 rings (SSSR count). The first kappa shape index (κ1) is 19.3. The Kier molecular flexibility index (Phi) is 4.07. The second-order valence-electron chi connectivity index (χ2n) is 9.47. The first-order chi connectivity index (χ1) is 16.7. The molecule has 1 aliphatic rings. The molecular weight excluding hydrogens is 408 g/mol. The molecule has 0 unspecified atom stereocenters. The lowest BCUT2D eigenvalue weighted by Crippen LogP contribution is -2.28. The van der Waals surface area contributed by atoms with Crippen molar-refractivity contribution in [2.45, 2.75) is 12.3 Å². The summed E-state index contributed by atoms with van der Waals surface area (Å²) < 4.78 is 0. The van der Waals surface area contributed by atoms with Crippen molar-refractivity contribution in [3.05, 3.63) is 155 Å². The normalized spacial score (nSPS) is 13.7. The van der Waals surface area contributed by atoms with Crippen LogP contribution in [-0.2, 0) is 5.41 Å². The van der Waals surface area contributed by atoms with Crippen LogP contribution in [0.3, 0.4) is 0 Å². The van der Waals surface area contributed by atoms with Gasteiger partial charge in [0, 0.05) is 0 Å². The average molecular weight is 433 g/mol. The summed E-state index contributed by atoms with van der Waals surface area (Å²) in [6.45, 7) is 2.19. The molecule has 0 aromatic heterocycles. The zero-order valence-electron chi connectivity index (χ0n) is 19.1. The Bertz CT molecular complexity index is 1640. The summed E-state index contributed by atoms with van der Waals surface area (Å²) in [5, 5.41) is 5.10. The Morgan fingerprint density at radius 3 is 1.59 bits per heavy atom. The summed E-state index contributed by atoms with van der Waals surface area (Å²) >= 11 is 0. The zero-order chi connectivity index (χ0) is 22.7. The average Bonchev–Trinajstić information content (AvgIpc) is 3.18. The van der Waals surface area contributed by atoms with Gasteiger partial charge in [0.1, 0.15) is 0 Å². The molecule has 34 heavy (non-hydrogen) atoms. The summed E-state index contributed by atoms with van der Waals surface area (Å²) in [7, 11) is 0. The van der Waals surface area contributed by atoms with E-state index in [4.69, 9.17) is 0 Å². The third-order valence-electron chi connectivity index (χ3n) is 7.57. The highest BCUT2D eigenvalue weighted by Gasteiger charge is 2.46. The van der Waals surface area contributed by atoms with E-state index in [-0.39, 0.29) is 5.41 Å². The highest BCUT2D eigenvalue weighted by molar-refractivity contribution is 5.91. The van der Waals surface area contributed by atoms with Gasteiger partial charge in [-0.05, 0) is 74.0 Å². The molecule has 0 saturated carbocycles. The van der Waals surface area contributed by atoms with E-state index in [1.54, 1.807) is 0 Å². The molecular formula is C34H24. The van der Waals surface area contributed by atoms with E-state index in [1.807, 2.05) is 0 Å². The van der Waals surface area contributed by atoms with Gasteiger partial charge >= 0.3 is 0 Å². The van der Waals surface area contributed by atoms with Crippen LogP contribution in [0.5, 0.6) is 0 Å². The summed E-state index contributed by atoms with van der Waals surface area (Å²) in [5.41, 5.74) is 8.97. The maximum absolute atomic E-state index is 2.40. The monoisotopic (exact) mass is 432 g/mol. The Morgan fingerprint density at radius 1 is 0.412 bits per heavy atom. The first-order valence-electron chi connectivity index (χ1n) is 11.9. The zero-order valence-corrected chi connectivity index (χ0v) is 19.1. The van der Waals surface area contributed by atoms with Crippen LogP contribution >= 0.6 is 0 Å². The topological polar surface area (TPSA) is 0 Å². The highest BCUT2D eigenvalue weighted by atomic mass is 14.5. The van der Waals surface area contributed by atoms with E-state index in [0.717, 1.165) is 0 Å². The van der Waals surface area contributed by atoms with Crippen molar-refractivity contribution in [3.8, 4) is 11.1 Å². The lowest BCUT2D eigenvalue weighted by Gasteiger charge is -2.34. The first-order valence-corrected chi connectivity index (χ1v) is 11.9. The fraction of sp³-hybridized carbons (Fsp3) is 0.0588. The van der Waals surface area contributed by atoms with E-state index in [9.17, 15) is 0 Å². The number of hydrogen-bond acceptors (Lipinski definition) is 0. The molecule has 6 aromatic carbocycles. The van der Waals surface area contributed by atoms with Crippen molar-refractivity contribution in [1.82, 2.24) is 0 Å². The van der Waals surface area contributed by atoms with Gasteiger partial charge in [-0.2, -0.15) is 0 Å². The second-order valence-corrected chi connectivity index (χ2v) is 9.47. The number of aryl methyl sites for hydroxylation is 1. The molecule has 0 amide bonds. The Labute approximate surface area is 200 Å². The van der Waals surface area contributed by atoms with Gasteiger partial charge in [-0.15, -0.1) is 0 Å². The predicted octanol–water partition coefficient (Wildman–Crippen LogP) is 8.66. The van der Waals surface area contributed by atoms with Crippen LogP contribution in [0.15, 0.2) is 127 Å². The number of benzene rings is 6. The number of fused-ring (bicyclic) bond motifs is 5. The lowest BCUT2D eigenvalue weighted by molar-refractivity contribution is 0.771. The minimum atomic E-state index is -0.367. The third kappa shape index (κ3) is 2.60. The van der Waals surface area contributed by atoms with Gasteiger partial charge in [-0.3, -0.25) is 0 Å². The van der Waals surface area contributed by atoms with Gasteiger partial charge in [-0.1, -0.05) is 121 Å². The van der Waals surface area contributed by atoms with Crippen LogP contribution in [-0.4, -0.2) is 0 Å². The number of rotatable bonds is 2. The van der Waals surface area contributed by atoms with Crippen LogP contribution in [0.4, 0.5) is 0 Å². The third-order valence-corrected chi connectivity index (χ3v) is 7.57. The van der Waals surface area contributed by atoms with Gasteiger partial charge in [-0.25, -0.2) is 0 Å². The Balaban J connectivity index is 1.65. The maximum atomic E-state index is 2.40. The molecule has 0 heterocycles. The van der Waals surface area contributed by atoms with Gasteiger partial charge in [0.25, 0.3) is 0 Å². The molecule has 6 aromatic rings. The smallest absolute Gasteiger partial charge is 0.0619 e. The van der Waals surface area contributed by atoms with E-state index < -0.39 is 0 Å². The molecule has 0 heteroatoms. The standard InChI is InChI=1S/C34H24/c1-23-14-19-33-31(20-23)30-12-6-7-13-32(30)34(33,28-17-15-24-8-2-4-10-26(24)21-28)29-18-16-25-9-3-5-11-27(25)22-29/h2-22H,1H3. The summed E-state index contributed by atoms with van der Waals surface area (Å²) in [6, 6.07) is 47.3. The van der Waals surface area contributed by atoms with Crippen molar-refractivity contribution >= 4 is 21.5 Å². The molecule has 160 valence electrons. The van der Waals surface area contributed by atoms with Crippen LogP contribution < -0.4 is 0 Å². The SMILES string of the molecule is Cc1ccc2c(c1)-c1ccccc1C2(c1ccc2ccccc2c1)c1ccc2ccccc2c1. The molecule has 0 saturated heterocycles. The van der Waals surface area contributed by atoms with E-state index in [2.05, 4.69) is 134 Å². The van der Waals surface area contributed by atoms with Crippen LogP contribution in [0, 0.1) is 6.92 Å². The van der Waals surface area contributed by atoms with Crippen molar-refractivity contribution in [3.63, 3.8) is 0 Å². The summed E-state index contributed by atoms with van der Waals surface area (Å²) in [5.74, 6) is 0. The highest BCUT2D eigenvalue weighted by Crippen LogP contribution is 2.56. The van der Waals surface area contributed by atoms with Crippen LogP contribution in [0.1, 0.15) is 27.8 Å². The molecule has 0 nitrogen and oxygen atoms in total. The molecule has 0 atom stereocenters. The van der Waals surface area contributed by atoms with E-state index in [1.165, 1.54) is 60.5 Å². The Morgan fingerprint density at radius 2 is 0.941 bits per heavy atom. The van der Waals surface area contributed by atoms with E-state index >= 15 is 0 Å². The summed E-state index contributed by atoms with van der Waals surface area (Å²) in [6.07, 6.45) is 0. The maximum Gasteiger partial charge on any atom is 0.0714 e. The minimum Gasteiger partial charge on any atom is -0.0619 e. The molecule has 0 radical (unpaired) electrons. The van der Waals surface area contributed by atoms with Gasteiger partial charge in [0.15, 0.2) is 0 Å². The van der Waals surface area contributed by atoms with Crippen molar-refractivity contribution < 1.29 is 0 Å². The van der Waals surface area contributed by atoms with Gasteiger partial charge in [0.2, 0.25) is 0 Å². The molecule has 0 N–H and O–H groups in total. The van der Waals surface area contributed by atoms with Crippen molar-refractivity contribution in [2.75, 3.05) is 0 Å². The molecule has 0 fully saturated rings. The fourth-order valence-corrected chi connectivity index (χ4v) is 6.03. The Hall–Kier alpha value is -4.16. The minimum absolute atomic E-state index is 0.367. The van der Waals surface area contributed by atoms with Gasteiger partial charge < -0.3 is 0 Å². The largest absolute Gasteiger partial charge is 0.0714 e. The van der Waals surface area contributed by atoms with Crippen molar-refractivity contribution in [2.24, 2.45) is 0 Å². The lowest BCUT2D eigenvalue weighted by atomic mass is 9.67. The van der Waals surface area contributed by atoms with Crippen LogP contribution in [0.2, 0.25) is 0 Å². The van der Waals surface area contributed by atoms with Crippen LogP contribution in [0.25, 0.3) is 32.7 Å². The van der Waals surface area contributed by atoms with Gasteiger partial charge in [0.05, 0.1) is 5.41 Å². The number of hydrogen-bond donors (Lipinski definition) is 0. The second kappa shape index (κ2) is 7.17. The van der Waals surface area contributed by atoms with Crippen molar-refractivity contribution in [1.29, 1.82) is 0 Å². The van der Waals surface area contributed by atoms with E-state index in [0.29, 0.717) is 0 Å². The molecule has 0 aliphatic heterocycles. The predicted molar refractivity (Wildman–Crippen MR) is 143 cm³/mol. The fourth-order valence-electron chi connectivity index (χ4n) is 6.03. The molecule has 0 spiro atoms. The molecule has 0 bridgehead atoms. The quantitative estimate of drug-likeness (QED) is 0.256. The summed E-state index contributed by atoms with van der Waals surface area (Å²) in [4.78, 5) is 0. The molecule has 1 aliphatic carbocycles.